The second-order valence-corrected chi connectivity index (χ2v) is 18.6. The van der Waals surface area contributed by atoms with Gasteiger partial charge in [-0.15, -0.1) is 0 Å². The van der Waals surface area contributed by atoms with Crippen LogP contribution in [0.3, 0.4) is 0 Å². The number of fused-ring (bicyclic) bond motifs is 2. The van der Waals surface area contributed by atoms with Crippen LogP contribution in [-0.4, -0.2) is 184 Å². The van der Waals surface area contributed by atoms with E-state index >= 15 is 0 Å². The summed E-state index contributed by atoms with van der Waals surface area (Å²) in [7, 11) is 0. The summed E-state index contributed by atoms with van der Waals surface area (Å²) in [5.74, 6) is -3.24. The van der Waals surface area contributed by atoms with Gasteiger partial charge >= 0.3 is 12.0 Å². The second-order valence-electron chi connectivity index (χ2n) is 18.6. The number of carbonyl (C=O) groups excluding carboxylic acids is 2. The molecule has 1 aromatic heterocycles. The van der Waals surface area contributed by atoms with E-state index in [0.717, 1.165) is 5.69 Å². The molecule has 0 radical (unpaired) electrons. The van der Waals surface area contributed by atoms with Crippen molar-refractivity contribution in [3.63, 3.8) is 0 Å². The molecule has 0 aromatic carbocycles. The normalized spacial score (nSPS) is 40.4. The minimum absolute atomic E-state index is 0.0946. The fourth-order valence-electron chi connectivity index (χ4n) is 8.29. The molecule has 1 aromatic rings. The molecular weight excluding hydrogens is 927 g/mol. The first-order chi connectivity index (χ1) is 33.8. The van der Waals surface area contributed by atoms with Crippen LogP contribution in [0, 0.1) is 5.92 Å². The van der Waals surface area contributed by atoms with E-state index in [1.54, 1.807) is 67.8 Å². The molecule has 2 amide bonds. The monoisotopic (exact) mass is 1000 g/mol. The first-order valence-electron chi connectivity index (χ1n) is 24.3. The summed E-state index contributed by atoms with van der Waals surface area (Å²) in [6, 6.07) is -2.96. The number of imidazole rings is 1. The summed E-state index contributed by atoms with van der Waals surface area (Å²) in [6.45, 7) is 3.40. The quantitative estimate of drug-likeness (QED) is 0.167. The number of aliphatic hydroxyl groups is 10. The summed E-state index contributed by atoms with van der Waals surface area (Å²) in [4.78, 5) is 32.7. The second kappa shape index (κ2) is 30.6. The molecule has 21 heteroatoms. The maximum atomic E-state index is 13.2. The number of aliphatic hydroxyl groups excluding tert-OH is 9. The molecule has 17 atom stereocenters. The summed E-state index contributed by atoms with van der Waals surface area (Å²) in [6.07, 6.45) is 9.51. The largest absolute Gasteiger partial charge is 0.462 e. The lowest BCUT2D eigenvalue weighted by molar-refractivity contribution is -0.299. The molecule has 2 bridgehead atoms. The average molecular weight is 1000 g/mol. The first-order valence-corrected chi connectivity index (χ1v) is 24.3. The number of hydrogen-bond donors (Lipinski definition) is 14. The van der Waals surface area contributed by atoms with E-state index in [1.807, 2.05) is 37.3 Å². The Morgan fingerprint density at radius 1 is 0.775 bits per heavy atom. The lowest BCUT2D eigenvalue weighted by atomic mass is 9.87. The maximum absolute atomic E-state index is 13.2. The standard InChI is InChI=1S/C50H77N5O16/c1-31-15-13-11-9-7-5-3-4-6-8-10-12-14-16-37(70-48-47(65)45(51)42(63)29-68-48)25-43-46(55-49(66)53-20-19-33-28-52-30-54-33)41(62)27-50(67,71-43)26-36(58)23-40(61)38(59)18-17-34(56)22-35(57)24-44(64)69-32(2)21-39(31)60/h3-16,28,30-32,34-43,45-48,56-63,65,67H,17-27,29,51H2,1-2H3,(H,52,54)(H2,53,55,66)/b4-3+,7-5+,8-6+,11-9+,12-10+,15-13+,16-14+/t31-,32-,34+,35+,36-,37-,38+,39-,40+,41-,42+,43-,45-,46+,47-,48-,50+/m0/s1. The zero-order valence-corrected chi connectivity index (χ0v) is 40.4. The van der Waals surface area contributed by atoms with E-state index in [4.69, 9.17) is 24.7 Å². The van der Waals surface area contributed by atoms with Gasteiger partial charge in [-0.2, -0.15) is 0 Å². The van der Waals surface area contributed by atoms with Crippen molar-refractivity contribution in [2.45, 2.75) is 175 Å². The predicted molar refractivity (Wildman–Crippen MR) is 259 cm³/mol. The van der Waals surface area contributed by atoms with Gasteiger partial charge < -0.3 is 91.4 Å². The van der Waals surface area contributed by atoms with Crippen molar-refractivity contribution in [1.82, 2.24) is 20.6 Å². The Morgan fingerprint density at radius 3 is 2.07 bits per heavy atom. The summed E-state index contributed by atoms with van der Waals surface area (Å²) >= 11 is 0. The minimum Gasteiger partial charge on any atom is -0.462 e. The van der Waals surface area contributed by atoms with Crippen LogP contribution in [0.5, 0.6) is 0 Å². The van der Waals surface area contributed by atoms with Crippen molar-refractivity contribution in [2.24, 2.45) is 11.7 Å². The van der Waals surface area contributed by atoms with Crippen LogP contribution < -0.4 is 16.4 Å². The lowest BCUT2D eigenvalue weighted by Gasteiger charge is -2.46. The van der Waals surface area contributed by atoms with E-state index in [9.17, 15) is 60.7 Å². The fraction of sp³-hybridized carbons (Fsp3) is 0.620. The van der Waals surface area contributed by atoms with Crippen molar-refractivity contribution in [3.05, 3.63) is 103 Å². The topological polar surface area (TPSA) is 352 Å². The number of nitrogens with zero attached hydrogens (tertiary/aromatic N) is 1. The molecule has 398 valence electrons. The molecule has 0 spiro atoms. The van der Waals surface area contributed by atoms with Crippen LogP contribution in [0.1, 0.15) is 77.3 Å². The van der Waals surface area contributed by atoms with Crippen LogP contribution >= 0.6 is 0 Å². The number of nitrogens with one attached hydrogen (secondary N) is 3. The van der Waals surface area contributed by atoms with Gasteiger partial charge in [0.25, 0.3) is 0 Å². The number of esters is 1. The third kappa shape index (κ3) is 21.7. The van der Waals surface area contributed by atoms with E-state index in [0.29, 0.717) is 6.42 Å². The number of allylic oxidation sites excluding steroid dienone is 12. The summed E-state index contributed by atoms with van der Waals surface area (Å²) < 4.78 is 23.4. The van der Waals surface area contributed by atoms with Crippen LogP contribution in [0.2, 0.25) is 0 Å². The third-order valence-corrected chi connectivity index (χ3v) is 12.3. The van der Waals surface area contributed by atoms with Gasteiger partial charge in [-0.1, -0.05) is 92.0 Å². The van der Waals surface area contributed by atoms with E-state index < -0.39 is 135 Å². The molecule has 3 aliphatic rings. The molecule has 3 aliphatic heterocycles. The minimum atomic E-state index is -2.26. The summed E-state index contributed by atoms with van der Waals surface area (Å²) in [5, 5.41) is 115. The highest BCUT2D eigenvalue weighted by atomic mass is 16.7. The highest BCUT2D eigenvalue weighted by Gasteiger charge is 2.48. The van der Waals surface area contributed by atoms with Crippen molar-refractivity contribution in [3.8, 4) is 0 Å². The highest BCUT2D eigenvalue weighted by molar-refractivity contribution is 5.74. The molecule has 4 heterocycles. The summed E-state index contributed by atoms with van der Waals surface area (Å²) in [5.41, 5.74) is 6.79. The number of nitrogens with two attached hydrogens (primary N) is 1. The maximum Gasteiger partial charge on any atom is 0.315 e. The van der Waals surface area contributed by atoms with Gasteiger partial charge in [-0.25, -0.2) is 9.78 Å². The highest BCUT2D eigenvalue weighted by Crippen LogP contribution is 2.35. The molecular formula is C50H77N5O16. The molecule has 2 saturated heterocycles. The van der Waals surface area contributed by atoms with Crippen LogP contribution in [0.4, 0.5) is 4.79 Å². The van der Waals surface area contributed by atoms with Crippen LogP contribution in [0.15, 0.2) is 97.6 Å². The van der Waals surface area contributed by atoms with Crippen molar-refractivity contribution in [1.29, 1.82) is 0 Å². The van der Waals surface area contributed by atoms with E-state index in [2.05, 4.69) is 20.6 Å². The number of hydrogen-bond acceptors (Lipinski definition) is 18. The molecule has 4 rings (SSSR count). The van der Waals surface area contributed by atoms with Gasteiger partial charge in [0, 0.05) is 62.9 Å². The number of amides is 2. The molecule has 21 nitrogen and oxygen atoms in total. The SMILES string of the molecule is C[C@H]1C[C@H](O)[C@@H](C)/C=C/C=C/C=C/C=C/C=C/C=C/C=C/[C@H](O[C@@H]2OC[C@@H](O)[C@H](N)[C@@H]2O)C[C@@H]2O[C@](O)(C[C@@H](O)C[C@@H](O)[C@H](O)CC[C@@H](O)C[C@@H](O)CC(=O)O1)C[C@H](O)[C@H]2NC(=O)NCCc1cnc[nH]1. The lowest BCUT2D eigenvalue weighted by Crippen LogP contribution is -2.63. The Balaban J connectivity index is 1.56. The van der Waals surface area contributed by atoms with Crippen molar-refractivity contribution < 1.29 is 79.6 Å². The van der Waals surface area contributed by atoms with Gasteiger partial charge in [0.2, 0.25) is 0 Å². The Morgan fingerprint density at radius 2 is 1.42 bits per heavy atom. The zero-order chi connectivity index (χ0) is 51.9. The molecule has 15 N–H and O–H groups in total. The van der Waals surface area contributed by atoms with E-state index in [1.165, 1.54) is 6.33 Å². The van der Waals surface area contributed by atoms with Gasteiger partial charge in [0.05, 0.1) is 92.5 Å². The fourth-order valence-corrected chi connectivity index (χ4v) is 8.29. The Hall–Kier alpha value is -4.43. The van der Waals surface area contributed by atoms with Gasteiger partial charge in [0.1, 0.15) is 12.2 Å². The number of rotatable bonds is 6. The Kier molecular flexibility index (Phi) is 25.5. The molecule has 71 heavy (non-hydrogen) atoms. The number of aromatic nitrogens is 2. The molecule has 0 unspecified atom stereocenters. The predicted octanol–water partition coefficient (Wildman–Crippen LogP) is 0.0100. The Labute approximate surface area is 414 Å². The van der Waals surface area contributed by atoms with Gasteiger partial charge in [0.15, 0.2) is 12.1 Å². The average Bonchev–Trinajstić information content (AvgIpc) is 3.82. The van der Waals surface area contributed by atoms with Crippen LogP contribution in [-0.2, 0) is 30.2 Å². The number of H-pyrrole nitrogens is 1. The number of aromatic amines is 1. The first kappa shape index (κ1) is 59.1. The number of urea groups is 1. The molecule has 0 aliphatic carbocycles. The third-order valence-electron chi connectivity index (χ3n) is 12.3. The molecule has 2 fully saturated rings. The van der Waals surface area contributed by atoms with Gasteiger partial charge in [-0.3, -0.25) is 4.79 Å². The zero-order valence-electron chi connectivity index (χ0n) is 40.4. The molecule has 0 saturated carbocycles. The van der Waals surface area contributed by atoms with E-state index in [-0.39, 0.29) is 51.2 Å². The number of cyclic esters (lactones) is 1. The number of ether oxygens (including phenoxy) is 4. The Bertz CT molecular complexity index is 1930. The van der Waals surface area contributed by atoms with Crippen molar-refractivity contribution in [2.75, 3.05) is 13.2 Å². The van der Waals surface area contributed by atoms with Crippen LogP contribution in [0.25, 0.3) is 0 Å². The van der Waals surface area contributed by atoms with Crippen molar-refractivity contribution >= 4 is 12.0 Å². The number of carbonyl (C=O) groups is 2. The smallest absolute Gasteiger partial charge is 0.315 e. The van der Waals surface area contributed by atoms with Gasteiger partial charge in [-0.05, 0) is 26.2 Å².